The number of likely N-dealkylation sites (N-methyl/N-ethyl adjacent to an activating group) is 1. The average Bonchev–Trinajstić information content (AvgIpc) is 2.09. The first-order chi connectivity index (χ1) is 5.70. The first kappa shape index (κ1) is 11.7. The summed E-state index contributed by atoms with van der Waals surface area (Å²) in [5.41, 5.74) is 0. The summed E-state index contributed by atoms with van der Waals surface area (Å²) in [5, 5.41) is -0.326. The van der Waals surface area contributed by atoms with Crippen LogP contribution in [-0.4, -0.2) is 48.4 Å². The molecule has 0 bridgehead atoms. The number of carbonyl (C=O) groups excluding carboxylic acids is 1. The highest BCUT2D eigenvalue weighted by Gasteiger charge is 2.16. The fourth-order valence-electron chi connectivity index (χ4n) is 0.982. The minimum absolute atomic E-state index is 0.326. The molecule has 0 saturated carbocycles. The van der Waals surface area contributed by atoms with E-state index in [4.69, 9.17) is 11.6 Å². The summed E-state index contributed by atoms with van der Waals surface area (Å²) < 4.78 is 0. The molecule has 0 aromatic heterocycles. The van der Waals surface area contributed by atoms with Crippen molar-refractivity contribution >= 4 is 17.0 Å². The van der Waals surface area contributed by atoms with Crippen LogP contribution in [0, 0.1) is 0 Å². The van der Waals surface area contributed by atoms with E-state index in [-0.39, 0.29) is 5.37 Å². The molecule has 0 radical (unpaired) electrons. The average molecular weight is 193 g/mol. The summed E-state index contributed by atoms with van der Waals surface area (Å²) in [6.45, 7) is 7.38. The molecule has 1 heterocycles. The van der Waals surface area contributed by atoms with Crippen molar-refractivity contribution in [1.82, 2.24) is 9.80 Å². The van der Waals surface area contributed by atoms with E-state index in [0.29, 0.717) is 0 Å². The largest absolute Gasteiger partial charge is 0.327 e. The van der Waals surface area contributed by atoms with Gasteiger partial charge in [-0.1, -0.05) is 13.8 Å². The second-order valence-corrected chi connectivity index (χ2v) is 2.87. The molecule has 1 fully saturated rings. The minimum atomic E-state index is -0.326. The molecular formula is C8H17ClN2O. The Morgan fingerprint density at radius 1 is 1.17 bits per heavy atom. The van der Waals surface area contributed by atoms with E-state index < -0.39 is 0 Å². The standard InChI is InChI=1S/C6H11ClN2O.C2H6/c1-8-2-4-9(5-3-8)6(7)10;1-2/h2-5H2,1H3;1-2H3. The van der Waals surface area contributed by atoms with Crippen molar-refractivity contribution in [2.75, 3.05) is 33.2 Å². The van der Waals surface area contributed by atoms with Crippen molar-refractivity contribution < 1.29 is 4.79 Å². The Morgan fingerprint density at radius 3 is 1.92 bits per heavy atom. The van der Waals surface area contributed by atoms with Gasteiger partial charge in [-0.2, -0.15) is 0 Å². The lowest BCUT2D eigenvalue weighted by molar-refractivity contribution is 0.171. The van der Waals surface area contributed by atoms with Crippen molar-refractivity contribution in [3.05, 3.63) is 0 Å². The molecule has 1 aliphatic rings. The molecule has 0 spiro atoms. The molecule has 1 aliphatic heterocycles. The van der Waals surface area contributed by atoms with Gasteiger partial charge < -0.3 is 9.80 Å². The summed E-state index contributed by atoms with van der Waals surface area (Å²) in [4.78, 5) is 14.4. The number of rotatable bonds is 0. The normalized spacial score (nSPS) is 18.2. The van der Waals surface area contributed by atoms with Crippen molar-refractivity contribution in [3.8, 4) is 0 Å². The fourth-order valence-corrected chi connectivity index (χ4v) is 1.15. The van der Waals surface area contributed by atoms with Gasteiger partial charge in [0.05, 0.1) is 0 Å². The highest BCUT2D eigenvalue weighted by molar-refractivity contribution is 6.62. The number of piperazine rings is 1. The fraction of sp³-hybridized carbons (Fsp3) is 0.875. The zero-order chi connectivity index (χ0) is 9.56. The topological polar surface area (TPSA) is 23.6 Å². The maximum atomic E-state index is 10.6. The summed E-state index contributed by atoms with van der Waals surface area (Å²) >= 11 is 5.27. The van der Waals surface area contributed by atoms with Crippen LogP contribution >= 0.6 is 11.6 Å². The molecule has 0 aliphatic carbocycles. The first-order valence-corrected chi connectivity index (χ1v) is 4.71. The Kier molecular flexibility index (Phi) is 6.11. The second-order valence-electron chi connectivity index (χ2n) is 2.54. The van der Waals surface area contributed by atoms with Gasteiger partial charge in [-0.05, 0) is 18.6 Å². The van der Waals surface area contributed by atoms with Crippen molar-refractivity contribution in [3.63, 3.8) is 0 Å². The zero-order valence-electron chi connectivity index (χ0n) is 8.01. The first-order valence-electron chi connectivity index (χ1n) is 4.33. The molecule has 72 valence electrons. The number of hydrogen-bond donors (Lipinski definition) is 0. The van der Waals surface area contributed by atoms with Crippen LogP contribution in [0.3, 0.4) is 0 Å². The molecule has 1 saturated heterocycles. The van der Waals surface area contributed by atoms with E-state index in [1.807, 2.05) is 20.9 Å². The molecule has 0 unspecified atom stereocenters. The Hall–Kier alpha value is -0.280. The third kappa shape index (κ3) is 3.93. The SMILES string of the molecule is CC.CN1CCN(C(=O)Cl)CC1. The zero-order valence-corrected chi connectivity index (χ0v) is 8.76. The number of hydrogen-bond acceptors (Lipinski definition) is 2. The molecule has 0 atom stereocenters. The molecule has 4 heteroatoms. The van der Waals surface area contributed by atoms with Crippen LogP contribution in [0.25, 0.3) is 0 Å². The van der Waals surface area contributed by atoms with Crippen LogP contribution in [0.1, 0.15) is 13.8 Å². The maximum absolute atomic E-state index is 10.6. The van der Waals surface area contributed by atoms with Crippen molar-refractivity contribution in [1.29, 1.82) is 0 Å². The number of halogens is 1. The maximum Gasteiger partial charge on any atom is 0.316 e. The smallest absolute Gasteiger partial charge is 0.316 e. The van der Waals surface area contributed by atoms with Gasteiger partial charge in [0.15, 0.2) is 0 Å². The summed E-state index contributed by atoms with van der Waals surface area (Å²) in [5.74, 6) is 0. The molecule has 1 amide bonds. The van der Waals surface area contributed by atoms with Crippen molar-refractivity contribution in [2.24, 2.45) is 0 Å². The molecular weight excluding hydrogens is 176 g/mol. The van der Waals surface area contributed by atoms with Crippen LogP contribution in [0.4, 0.5) is 4.79 Å². The lowest BCUT2D eigenvalue weighted by Crippen LogP contribution is -2.45. The van der Waals surface area contributed by atoms with E-state index in [9.17, 15) is 4.79 Å². The van der Waals surface area contributed by atoms with Gasteiger partial charge in [-0.25, -0.2) is 0 Å². The van der Waals surface area contributed by atoms with Gasteiger partial charge in [0.1, 0.15) is 0 Å². The minimum Gasteiger partial charge on any atom is -0.327 e. The quantitative estimate of drug-likeness (QED) is 0.430. The van der Waals surface area contributed by atoms with Gasteiger partial charge in [-0.3, -0.25) is 4.79 Å². The molecule has 0 aromatic carbocycles. The van der Waals surface area contributed by atoms with E-state index in [2.05, 4.69) is 4.90 Å². The molecule has 12 heavy (non-hydrogen) atoms. The van der Waals surface area contributed by atoms with Crippen LogP contribution in [0.15, 0.2) is 0 Å². The summed E-state index contributed by atoms with van der Waals surface area (Å²) in [6.07, 6.45) is 0. The molecule has 1 rings (SSSR count). The Bertz CT molecular complexity index is 133. The van der Waals surface area contributed by atoms with E-state index in [0.717, 1.165) is 26.2 Å². The Labute approximate surface area is 79.3 Å². The van der Waals surface area contributed by atoms with Gasteiger partial charge in [0.2, 0.25) is 0 Å². The van der Waals surface area contributed by atoms with Gasteiger partial charge in [0, 0.05) is 26.2 Å². The predicted octanol–water partition coefficient (Wildman–Crippen LogP) is 1.62. The van der Waals surface area contributed by atoms with Gasteiger partial charge in [0.25, 0.3) is 0 Å². The van der Waals surface area contributed by atoms with E-state index in [1.165, 1.54) is 0 Å². The third-order valence-corrected chi connectivity index (χ3v) is 1.99. The van der Waals surface area contributed by atoms with Crippen LogP contribution in [0.5, 0.6) is 0 Å². The van der Waals surface area contributed by atoms with Gasteiger partial charge in [-0.15, -0.1) is 0 Å². The number of amides is 1. The third-order valence-electron chi connectivity index (χ3n) is 1.75. The van der Waals surface area contributed by atoms with Crippen LogP contribution < -0.4 is 0 Å². The molecule has 3 nitrogen and oxygen atoms in total. The van der Waals surface area contributed by atoms with E-state index >= 15 is 0 Å². The highest BCUT2D eigenvalue weighted by Crippen LogP contribution is 2.01. The lowest BCUT2D eigenvalue weighted by atomic mass is 10.4. The van der Waals surface area contributed by atoms with Crippen molar-refractivity contribution in [2.45, 2.75) is 13.8 Å². The Morgan fingerprint density at radius 2 is 1.58 bits per heavy atom. The van der Waals surface area contributed by atoms with Crippen LogP contribution in [-0.2, 0) is 0 Å². The Balaban J connectivity index is 0.000000561. The highest BCUT2D eigenvalue weighted by atomic mass is 35.5. The lowest BCUT2D eigenvalue weighted by Gasteiger charge is -2.30. The van der Waals surface area contributed by atoms with E-state index in [1.54, 1.807) is 4.90 Å². The molecule has 0 N–H and O–H groups in total. The molecule has 0 aromatic rings. The van der Waals surface area contributed by atoms with Gasteiger partial charge >= 0.3 is 5.37 Å². The monoisotopic (exact) mass is 192 g/mol. The number of carbonyl (C=O) groups is 1. The summed E-state index contributed by atoms with van der Waals surface area (Å²) in [7, 11) is 2.04. The van der Waals surface area contributed by atoms with Crippen LogP contribution in [0.2, 0.25) is 0 Å². The predicted molar refractivity (Wildman–Crippen MR) is 51.7 cm³/mol. The second kappa shape index (κ2) is 6.26. The summed E-state index contributed by atoms with van der Waals surface area (Å²) in [6, 6.07) is 0. The number of nitrogens with zero attached hydrogens (tertiary/aromatic N) is 2.